The van der Waals surface area contributed by atoms with E-state index in [0.29, 0.717) is 5.56 Å². The lowest BCUT2D eigenvalue weighted by Gasteiger charge is -2.18. The van der Waals surface area contributed by atoms with E-state index in [4.69, 9.17) is 0 Å². The molecule has 2 heterocycles. The minimum Gasteiger partial charge on any atom is -0.372 e. The third kappa shape index (κ3) is 3.15. The van der Waals surface area contributed by atoms with Crippen LogP contribution in [0.15, 0.2) is 24.3 Å². The predicted octanol–water partition coefficient (Wildman–Crippen LogP) is 2.61. The van der Waals surface area contributed by atoms with Gasteiger partial charge in [-0.05, 0) is 31.0 Å². The van der Waals surface area contributed by atoms with Gasteiger partial charge in [-0.2, -0.15) is 0 Å². The molecule has 1 amide bonds. The third-order valence-electron chi connectivity index (χ3n) is 3.89. The summed E-state index contributed by atoms with van der Waals surface area (Å²) in [7, 11) is 1.36. The van der Waals surface area contributed by atoms with Gasteiger partial charge in [0.2, 0.25) is 0 Å². The monoisotopic (exact) mass is 321 g/mol. The van der Waals surface area contributed by atoms with E-state index in [0.717, 1.165) is 36.3 Å². The topological polar surface area (TPSA) is 63.1 Å². The number of benzene rings is 1. The minimum absolute atomic E-state index is 0.209. The molecule has 6 nitrogen and oxygen atoms in total. The van der Waals surface area contributed by atoms with Gasteiger partial charge in [0.05, 0.1) is 0 Å². The lowest BCUT2D eigenvalue weighted by Crippen LogP contribution is -2.19. The van der Waals surface area contributed by atoms with Crippen molar-refractivity contribution >= 4 is 17.4 Å². The Morgan fingerprint density at radius 3 is 2.74 bits per heavy atom. The van der Waals surface area contributed by atoms with E-state index in [2.05, 4.69) is 20.5 Å². The van der Waals surface area contributed by atoms with Crippen LogP contribution in [0.25, 0.3) is 0 Å². The normalized spacial score (nSPS) is 14.5. The molecule has 0 radical (unpaired) electrons. The van der Waals surface area contributed by atoms with Gasteiger partial charge in [0.25, 0.3) is 12.3 Å². The highest BCUT2D eigenvalue weighted by Crippen LogP contribution is 2.25. The molecule has 2 aromatic rings. The van der Waals surface area contributed by atoms with Gasteiger partial charge < -0.3 is 10.2 Å². The van der Waals surface area contributed by atoms with E-state index in [1.807, 2.05) is 6.07 Å². The van der Waals surface area contributed by atoms with Gasteiger partial charge in [-0.15, -0.1) is 5.10 Å². The lowest BCUT2D eigenvalue weighted by molar-refractivity contribution is 0.102. The molecule has 1 aliphatic rings. The summed E-state index contributed by atoms with van der Waals surface area (Å²) in [5, 5.41) is 9.54. The second kappa shape index (κ2) is 6.31. The van der Waals surface area contributed by atoms with Crippen molar-refractivity contribution < 1.29 is 13.6 Å². The van der Waals surface area contributed by atoms with Crippen LogP contribution in [0.3, 0.4) is 0 Å². The Bertz CT molecular complexity index is 710. The highest BCUT2D eigenvalue weighted by atomic mass is 19.3. The molecule has 0 saturated carbocycles. The number of anilines is 2. The first-order chi connectivity index (χ1) is 11.1. The van der Waals surface area contributed by atoms with E-state index in [1.165, 1.54) is 7.05 Å². The van der Waals surface area contributed by atoms with E-state index in [9.17, 15) is 13.6 Å². The Balaban J connectivity index is 1.80. The molecular formula is C15H17F2N5O. The number of aryl methyl sites for hydroxylation is 1. The SMILES string of the molecule is Cn1nnc(NC(=O)c2cccc(N3CCCC3)c2)c1C(F)F. The summed E-state index contributed by atoms with van der Waals surface area (Å²) in [6.45, 7) is 1.93. The fourth-order valence-corrected chi connectivity index (χ4v) is 2.70. The van der Waals surface area contributed by atoms with Gasteiger partial charge >= 0.3 is 0 Å². The number of aromatic nitrogens is 3. The Kier molecular flexibility index (Phi) is 4.22. The fraction of sp³-hybridized carbons (Fsp3) is 0.400. The van der Waals surface area contributed by atoms with Crippen LogP contribution in [0.2, 0.25) is 0 Å². The first-order valence-corrected chi connectivity index (χ1v) is 7.40. The number of nitrogens with one attached hydrogen (secondary N) is 1. The second-order valence-corrected chi connectivity index (χ2v) is 5.45. The van der Waals surface area contributed by atoms with Crippen molar-refractivity contribution in [3.8, 4) is 0 Å². The molecule has 122 valence electrons. The van der Waals surface area contributed by atoms with Crippen molar-refractivity contribution in [2.24, 2.45) is 7.05 Å². The van der Waals surface area contributed by atoms with Crippen LogP contribution < -0.4 is 10.2 Å². The number of amides is 1. The number of alkyl halides is 2. The number of nitrogens with zero attached hydrogens (tertiary/aromatic N) is 4. The molecular weight excluding hydrogens is 304 g/mol. The van der Waals surface area contributed by atoms with Crippen LogP contribution in [-0.2, 0) is 7.05 Å². The summed E-state index contributed by atoms with van der Waals surface area (Å²) in [6.07, 6.45) is -0.497. The van der Waals surface area contributed by atoms with Crippen molar-refractivity contribution in [3.05, 3.63) is 35.5 Å². The molecule has 0 spiro atoms. The zero-order valence-corrected chi connectivity index (χ0v) is 12.7. The Morgan fingerprint density at radius 2 is 2.04 bits per heavy atom. The highest BCUT2D eigenvalue weighted by molar-refractivity contribution is 6.04. The minimum atomic E-state index is -2.76. The maximum Gasteiger partial charge on any atom is 0.283 e. The van der Waals surface area contributed by atoms with Crippen molar-refractivity contribution in [2.75, 3.05) is 23.3 Å². The third-order valence-corrected chi connectivity index (χ3v) is 3.89. The number of halogens is 2. The number of hydrogen-bond acceptors (Lipinski definition) is 4. The molecule has 0 aliphatic carbocycles. The highest BCUT2D eigenvalue weighted by Gasteiger charge is 2.22. The van der Waals surface area contributed by atoms with Crippen LogP contribution in [0.5, 0.6) is 0 Å². The first kappa shape index (κ1) is 15.4. The largest absolute Gasteiger partial charge is 0.372 e. The summed E-state index contributed by atoms with van der Waals surface area (Å²) in [4.78, 5) is 14.5. The molecule has 1 aliphatic heterocycles. The quantitative estimate of drug-likeness (QED) is 0.940. The van der Waals surface area contributed by atoms with Crippen molar-refractivity contribution in [3.63, 3.8) is 0 Å². The molecule has 0 atom stereocenters. The number of carbonyl (C=O) groups is 1. The van der Waals surface area contributed by atoms with Crippen LogP contribution in [0.4, 0.5) is 20.3 Å². The molecule has 1 fully saturated rings. The van der Waals surface area contributed by atoms with Gasteiger partial charge in [0.15, 0.2) is 5.82 Å². The van der Waals surface area contributed by atoms with Crippen LogP contribution in [-0.4, -0.2) is 34.0 Å². The first-order valence-electron chi connectivity index (χ1n) is 7.40. The van der Waals surface area contributed by atoms with Gasteiger partial charge in [-0.3, -0.25) is 4.79 Å². The van der Waals surface area contributed by atoms with Crippen LogP contribution in [0, 0.1) is 0 Å². The van der Waals surface area contributed by atoms with Crippen LogP contribution >= 0.6 is 0 Å². The van der Waals surface area contributed by atoms with Gasteiger partial charge in [-0.25, -0.2) is 13.5 Å². The van der Waals surface area contributed by atoms with Crippen LogP contribution in [0.1, 0.15) is 35.3 Å². The number of carbonyl (C=O) groups excluding carboxylic acids is 1. The zero-order chi connectivity index (χ0) is 16.4. The smallest absolute Gasteiger partial charge is 0.283 e. The van der Waals surface area contributed by atoms with Gasteiger partial charge in [0.1, 0.15) is 5.69 Å². The summed E-state index contributed by atoms with van der Waals surface area (Å²) >= 11 is 0. The van der Waals surface area contributed by atoms with Gasteiger partial charge in [-0.1, -0.05) is 11.3 Å². The van der Waals surface area contributed by atoms with E-state index >= 15 is 0 Å². The molecule has 23 heavy (non-hydrogen) atoms. The molecule has 1 saturated heterocycles. The van der Waals surface area contributed by atoms with Crippen molar-refractivity contribution in [1.82, 2.24) is 15.0 Å². The van der Waals surface area contributed by atoms with Crippen molar-refractivity contribution in [2.45, 2.75) is 19.3 Å². The Labute approximate surface area is 132 Å². The molecule has 0 bridgehead atoms. The van der Waals surface area contributed by atoms with E-state index in [-0.39, 0.29) is 5.82 Å². The molecule has 1 N–H and O–H groups in total. The number of rotatable bonds is 4. The van der Waals surface area contributed by atoms with E-state index in [1.54, 1.807) is 18.2 Å². The Hall–Kier alpha value is -2.51. The molecule has 0 unspecified atom stereocenters. The molecule has 1 aromatic carbocycles. The fourth-order valence-electron chi connectivity index (χ4n) is 2.70. The average molecular weight is 321 g/mol. The molecule has 8 heteroatoms. The zero-order valence-electron chi connectivity index (χ0n) is 12.7. The summed E-state index contributed by atoms with van der Waals surface area (Å²) < 4.78 is 26.9. The summed E-state index contributed by atoms with van der Waals surface area (Å²) in [5.74, 6) is -0.687. The molecule has 1 aromatic heterocycles. The van der Waals surface area contributed by atoms with Gasteiger partial charge in [0, 0.05) is 31.4 Å². The maximum absolute atomic E-state index is 13.0. The number of hydrogen-bond donors (Lipinski definition) is 1. The van der Waals surface area contributed by atoms with E-state index < -0.39 is 18.0 Å². The summed E-state index contributed by atoms with van der Waals surface area (Å²) in [5.41, 5.74) is 0.956. The predicted molar refractivity (Wildman–Crippen MR) is 81.8 cm³/mol. The van der Waals surface area contributed by atoms with Crippen molar-refractivity contribution in [1.29, 1.82) is 0 Å². The lowest BCUT2D eigenvalue weighted by atomic mass is 10.1. The second-order valence-electron chi connectivity index (χ2n) is 5.45. The average Bonchev–Trinajstić information content (AvgIpc) is 3.17. The summed E-state index contributed by atoms with van der Waals surface area (Å²) in [6, 6.07) is 7.13. The molecule has 3 rings (SSSR count). The Morgan fingerprint density at radius 1 is 1.30 bits per heavy atom. The standard InChI is InChI=1S/C15H17F2N5O/c1-21-12(13(16)17)14(19-20-21)18-15(23)10-5-4-6-11(9-10)22-7-2-3-8-22/h4-6,9,13H,2-3,7-8H2,1H3,(H,18,23). The maximum atomic E-state index is 13.0.